The molecule has 0 saturated carbocycles. The van der Waals surface area contributed by atoms with Crippen molar-refractivity contribution in [1.29, 1.82) is 0 Å². The van der Waals surface area contributed by atoms with Crippen molar-refractivity contribution in [1.82, 2.24) is 10.6 Å². The van der Waals surface area contributed by atoms with Crippen LogP contribution in [0.1, 0.15) is 34.1 Å². The van der Waals surface area contributed by atoms with E-state index in [0.29, 0.717) is 18.5 Å². The molecule has 0 fully saturated rings. The molecule has 1 amide bonds. The SMILES string of the molecule is COC(=O)C(CNC(C)CC(C)C)NC(C)=O. The molecule has 17 heavy (non-hydrogen) atoms. The number of rotatable bonds is 7. The van der Waals surface area contributed by atoms with Crippen molar-refractivity contribution in [2.45, 2.75) is 46.2 Å². The molecule has 0 aliphatic rings. The number of carbonyl (C=O) groups is 2. The fraction of sp³-hybridized carbons (Fsp3) is 0.833. The maximum Gasteiger partial charge on any atom is 0.329 e. The lowest BCUT2D eigenvalue weighted by molar-refractivity contribution is -0.144. The van der Waals surface area contributed by atoms with E-state index in [1.165, 1.54) is 14.0 Å². The lowest BCUT2D eigenvalue weighted by atomic mass is 10.1. The third kappa shape index (κ3) is 7.74. The van der Waals surface area contributed by atoms with E-state index in [-0.39, 0.29) is 5.91 Å². The van der Waals surface area contributed by atoms with Gasteiger partial charge in [0.05, 0.1) is 7.11 Å². The zero-order chi connectivity index (χ0) is 13.4. The number of nitrogens with one attached hydrogen (secondary N) is 2. The molecule has 0 rings (SSSR count). The Morgan fingerprint density at radius 1 is 1.24 bits per heavy atom. The van der Waals surface area contributed by atoms with E-state index in [9.17, 15) is 9.59 Å². The Bertz CT molecular complexity index is 254. The van der Waals surface area contributed by atoms with Gasteiger partial charge in [0.15, 0.2) is 0 Å². The fourth-order valence-electron chi connectivity index (χ4n) is 1.69. The van der Waals surface area contributed by atoms with Crippen molar-refractivity contribution in [2.24, 2.45) is 5.92 Å². The average Bonchev–Trinajstić information content (AvgIpc) is 2.21. The van der Waals surface area contributed by atoms with Crippen LogP contribution in [0.25, 0.3) is 0 Å². The Hall–Kier alpha value is -1.10. The van der Waals surface area contributed by atoms with Gasteiger partial charge in [-0.05, 0) is 19.3 Å². The Labute approximate surface area is 103 Å². The summed E-state index contributed by atoms with van der Waals surface area (Å²) in [7, 11) is 1.31. The summed E-state index contributed by atoms with van der Waals surface area (Å²) < 4.78 is 4.63. The Kier molecular flexibility index (Phi) is 7.54. The molecule has 0 heterocycles. The summed E-state index contributed by atoms with van der Waals surface area (Å²) >= 11 is 0. The monoisotopic (exact) mass is 244 g/mol. The van der Waals surface area contributed by atoms with Gasteiger partial charge in [-0.15, -0.1) is 0 Å². The van der Waals surface area contributed by atoms with E-state index < -0.39 is 12.0 Å². The second-order valence-electron chi connectivity index (χ2n) is 4.72. The van der Waals surface area contributed by atoms with Crippen LogP contribution in [-0.4, -0.2) is 37.6 Å². The van der Waals surface area contributed by atoms with Gasteiger partial charge in [0.1, 0.15) is 6.04 Å². The molecule has 0 aromatic carbocycles. The highest BCUT2D eigenvalue weighted by Crippen LogP contribution is 2.03. The van der Waals surface area contributed by atoms with Crippen molar-refractivity contribution >= 4 is 11.9 Å². The zero-order valence-corrected chi connectivity index (χ0v) is 11.4. The van der Waals surface area contributed by atoms with E-state index in [4.69, 9.17) is 0 Å². The highest BCUT2D eigenvalue weighted by molar-refractivity contribution is 5.83. The summed E-state index contributed by atoms with van der Waals surface area (Å²) in [5.74, 6) is -0.0713. The molecule has 0 radical (unpaired) electrons. The Balaban J connectivity index is 4.15. The predicted octanol–water partition coefficient (Wildman–Crippen LogP) is 0.688. The van der Waals surface area contributed by atoms with Crippen molar-refractivity contribution < 1.29 is 14.3 Å². The van der Waals surface area contributed by atoms with Crippen LogP contribution in [0.15, 0.2) is 0 Å². The summed E-state index contributed by atoms with van der Waals surface area (Å²) in [6.07, 6.45) is 1.02. The van der Waals surface area contributed by atoms with E-state index >= 15 is 0 Å². The number of carbonyl (C=O) groups excluding carboxylic acids is 2. The van der Waals surface area contributed by atoms with Crippen LogP contribution in [0.2, 0.25) is 0 Å². The molecule has 0 aromatic rings. The van der Waals surface area contributed by atoms with Crippen LogP contribution in [0.4, 0.5) is 0 Å². The number of amides is 1. The van der Waals surface area contributed by atoms with Crippen LogP contribution >= 0.6 is 0 Å². The second kappa shape index (κ2) is 8.06. The normalized spacial score (nSPS) is 14.2. The van der Waals surface area contributed by atoms with Crippen LogP contribution in [0.3, 0.4) is 0 Å². The van der Waals surface area contributed by atoms with Gasteiger partial charge in [0.2, 0.25) is 5.91 Å². The highest BCUT2D eigenvalue weighted by atomic mass is 16.5. The van der Waals surface area contributed by atoms with Gasteiger partial charge in [-0.25, -0.2) is 4.79 Å². The summed E-state index contributed by atoms with van der Waals surface area (Å²) in [4.78, 5) is 22.4. The minimum Gasteiger partial charge on any atom is -0.467 e. The largest absolute Gasteiger partial charge is 0.467 e. The lowest BCUT2D eigenvalue weighted by Crippen LogP contribution is -2.48. The van der Waals surface area contributed by atoms with Gasteiger partial charge in [-0.2, -0.15) is 0 Å². The molecule has 2 atom stereocenters. The number of hydrogen-bond donors (Lipinski definition) is 2. The third-order valence-corrected chi connectivity index (χ3v) is 2.36. The molecule has 100 valence electrons. The molecule has 0 bridgehead atoms. The molecule has 0 saturated heterocycles. The predicted molar refractivity (Wildman–Crippen MR) is 66.5 cm³/mol. The van der Waals surface area contributed by atoms with Crippen LogP contribution in [-0.2, 0) is 14.3 Å². The summed E-state index contributed by atoms with van der Waals surface area (Å²) in [6, 6.07) is -0.317. The van der Waals surface area contributed by atoms with Gasteiger partial charge in [0.25, 0.3) is 0 Å². The molecule has 2 N–H and O–H groups in total. The molecule has 0 aromatic heterocycles. The average molecular weight is 244 g/mol. The van der Waals surface area contributed by atoms with E-state index in [0.717, 1.165) is 6.42 Å². The van der Waals surface area contributed by atoms with Gasteiger partial charge < -0.3 is 15.4 Å². The number of ether oxygens (including phenoxy) is 1. The minimum atomic E-state index is -0.618. The first-order chi connectivity index (χ1) is 7.86. The van der Waals surface area contributed by atoms with Crippen LogP contribution < -0.4 is 10.6 Å². The molecule has 5 heteroatoms. The first-order valence-electron chi connectivity index (χ1n) is 5.95. The summed E-state index contributed by atoms with van der Waals surface area (Å²) in [5, 5.41) is 5.78. The third-order valence-electron chi connectivity index (χ3n) is 2.36. The molecular formula is C12H24N2O3. The first kappa shape index (κ1) is 15.9. The van der Waals surface area contributed by atoms with Crippen LogP contribution in [0, 0.1) is 5.92 Å². The molecule has 0 spiro atoms. The van der Waals surface area contributed by atoms with Gasteiger partial charge in [0, 0.05) is 19.5 Å². The topological polar surface area (TPSA) is 67.4 Å². The van der Waals surface area contributed by atoms with Gasteiger partial charge in [-0.3, -0.25) is 4.79 Å². The Morgan fingerprint density at radius 2 is 1.82 bits per heavy atom. The Morgan fingerprint density at radius 3 is 2.24 bits per heavy atom. The summed E-state index contributed by atoms with van der Waals surface area (Å²) in [5.41, 5.74) is 0. The van der Waals surface area contributed by atoms with E-state index in [1.54, 1.807) is 0 Å². The first-order valence-corrected chi connectivity index (χ1v) is 5.95. The molecule has 5 nitrogen and oxygen atoms in total. The second-order valence-corrected chi connectivity index (χ2v) is 4.72. The van der Waals surface area contributed by atoms with Crippen molar-refractivity contribution in [3.8, 4) is 0 Å². The zero-order valence-electron chi connectivity index (χ0n) is 11.4. The van der Waals surface area contributed by atoms with Gasteiger partial charge >= 0.3 is 5.97 Å². The smallest absolute Gasteiger partial charge is 0.329 e. The summed E-state index contributed by atoms with van der Waals surface area (Å²) in [6.45, 7) is 8.11. The molecule has 0 aliphatic heterocycles. The number of methoxy groups -OCH3 is 1. The quantitative estimate of drug-likeness (QED) is 0.647. The standard InChI is InChI=1S/C12H24N2O3/c1-8(2)6-9(3)13-7-11(12(16)17-5)14-10(4)15/h8-9,11,13H,6-7H2,1-5H3,(H,14,15). The van der Waals surface area contributed by atoms with Crippen LogP contribution in [0.5, 0.6) is 0 Å². The van der Waals surface area contributed by atoms with E-state index in [1.807, 2.05) is 0 Å². The van der Waals surface area contributed by atoms with Gasteiger partial charge in [-0.1, -0.05) is 13.8 Å². The fourth-order valence-corrected chi connectivity index (χ4v) is 1.69. The maximum absolute atomic E-state index is 11.4. The number of esters is 1. The number of hydrogen-bond acceptors (Lipinski definition) is 4. The molecular weight excluding hydrogens is 220 g/mol. The van der Waals surface area contributed by atoms with Crippen molar-refractivity contribution in [2.75, 3.05) is 13.7 Å². The van der Waals surface area contributed by atoms with Crippen molar-refractivity contribution in [3.63, 3.8) is 0 Å². The minimum absolute atomic E-state index is 0.237. The lowest BCUT2D eigenvalue weighted by Gasteiger charge is -2.20. The maximum atomic E-state index is 11.4. The van der Waals surface area contributed by atoms with E-state index in [2.05, 4.69) is 36.1 Å². The molecule has 0 aliphatic carbocycles. The molecule has 2 unspecified atom stereocenters. The highest BCUT2D eigenvalue weighted by Gasteiger charge is 2.20. The van der Waals surface area contributed by atoms with Crippen molar-refractivity contribution in [3.05, 3.63) is 0 Å².